The number of amides is 2. The van der Waals surface area contributed by atoms with Crippen LogP contribution in [0.3, 0.4) is 0 Å². The normalized spacial score (nSPS) is 14.5. The van der Waals surface area contributed by atoms with Crippen LogP contribution in [0.2, 0.25) is 0 Å². The summed E-state index contributed by atoms with van der Waals surface area (Å²) < 4.78 is 44.0. The Labute approximate surface area is 207 Å². The number of ether oxygens (including phenoxy) is 2. The minimum Gasteiger partial charge on any atom is -0.493 e. The van der Waals surface area contributed by atoms with E-state index < -0.39 is 16.1 Å². The first-order valence-corrected chi connectivity index (χ1v) is 12.4. The summed E-state index contributed by atoms with van der Waals surface area (Å²) in [6, 6.07) is 17.6. The van der Waals surface area contributed by atoms with Gasteiger partial charge in [0.1, 0.15) is 11.4 Å². The number of fused-ring (bicyclic) bond motifs is 1. The minimum atomic E-state index is -4.14. The molecule has 1 aliphatic heterocycles. The van der Waals surface area contributed by atoms with E-state index in [2.05, 4.69) is 10.1 Å². The van der Waals surface area contributed by atoms with Crippen LogP contribution in [0.1, 0.15) is 11.5 Å². The molecule has 184 valence electrons. The monoisotopic (exact) mass is 506 g/mol. The number of hydrogen-bond donors (Lipinski definition) is 0. The number of urea groups is 1. The fourth-order valence-electron chi connectivity index (χ4n) is 4.12. The number of aryl methyl sites for hydroxylation is 1. The largest absolute Gasteiger partial charge is 0.493 e. The van der Waals surface area contributed by atoms with Gasteiger partial charge in [-0.25, -0.2) is 13.2 Å². The van der Waals surface area contributed by atoms with Crippen molar-refractivity contribution in [3.63, 3.8) is 0 Å². The van der Waals surface area contributed by atoms with Crippen molar-refractivity contribution < 1.29 is 27.2 Å². The quantitative estimate of drug-likeness (QED) is 0.378. The fourth-order valence-corrected chi connectivity index (χ4v) is 5.77. The summed E-state index contributed by atoms with van der Waals surface area (Å²) in [5.41, 5.74) is 1.68. The highest BCUT2D eigenvalue weighted by atomic mass is 32.2. The molecule has 3 aromatic carbocycles. The molecular formula is C25H22N4O6S. The van der Waals surface area contributed by atoms with Crippen molar-refractivity contribution >= 4 is 27.4 Å². The van der Waals surface area contributed by atoms with Crippen molar-refractivity contribution in [3.05, 3.63) is 78.2 Å². The van der Waals surface area contributed by atoms with Gasteiger partial charge in [0.2, 0.25) is 11.7 Å². The Morgan fingerprint density at radius 3 is 2.36 bits per heavy atom. The molecule has 1 aromatic heterocycles. The molecule has 0 bridgehead atoms. The van der Waals surface area contributed by atoms with Gasteiger partial charge in [0.15, 0.2) is 11.5 Å². The van der Waals surface area contributed by atoms with Crippen molar-refractivity contribution in [1.29, 1.82) is 0 Å². The molecule has 4 aromatic rings. The molecule has 0 saturated carbocycles. The fraction of sp³-hybridized carbons (Fsp3) is 0.160. The number of aromatic nitrogens is 2. The Kier molecular flexibility index (Phi) is 5.84. The standard InChI is InChI=1S/C25H22N4O6S/c1-16-9-4-5-11-18(16)29-25(30)28(19-12-6-7-14-21(19)36(29,31)32)15-22-26-24(27-35-22)17-10-8-13-20(33-2)23(17)34-3/h4-14H,15H2,1-3H3. The molecule has 11 heteroatoms. The van der Waals surface area contributed by atoms with Gasteiger partial charge >= 0.3 is 6.03 Å². The van der Waals surface area contributed by atoms with Gasteiger partial charge in [0.25, 0.3) is 10.0 Å². The van der Waals surface area contributed by atoms with Crippen LogP contribution in [0.25, 0.3) is 11.4 Å². The number of hydrogen-bond acceptors (Lipinski definition) is 8. The first-order chi connectivity index (χ1) is 17.4. The molecule has 2 amide bonds. The number of para-hydroxylation sites is 3. The van der Waals surface area contributed by atoms with Crippen molar-refractivity contribution in [2.24, 2.45) is 0 Å². The highest BCUT2D eigenvalue weighted by Crippen LogP contribution is 2.40. The van der Waals surface area contributed by atoms with Gasteiger partial charge in [-0.15, -0.1) is 0 Å². The summed E-state index contributed by atoms with van der Waals surface area (Å²) in [7, 11) is -1.11. The molecule has 0 fully saturated rings. The van der Waals surface area contributed by atoms with Crippen molar-refractivity contribution in [2.75, 3.05) is 23.4 Å². The molecule has 0 atom stereocenters. The van der Waals surface area contributed by atoms with E-state index in [1.54, 1.807) is 67.6 Å². The van der Waals surface area contributed by atoms with E-state index in [4.69, 9.17) is 14.0 Å². The summed E-state index contributed by atoms with van der Waals surface area (Å²) in [5, 5.41) is 4.05. The summed E-state index contributed by atoms with van der Waals surface area (Å²) in [6.07, 6.45) is 0. The summed E-state index contributed by atoms with van der Waals surface area (Å²) in [5.74, 6) is 1.29. The molecule has 10 nitrogen and oxygen atoms in total. The third kappa shape index (κ3) is 3.73. The highest BCUT2D eigenvalue weighted by molar-refractivity contribution is 7.94. The Morgan fingerprint density at radius 2 is 1.64 bits per heavy atom. The maximum atomic E-state index is 13.7. The van der Waals surface area contributed by atoms with E-state index in [0.717, 1.165) is 4.31 Å². The van der Waals surface area contributed by atoms with E-state index in [0.29, 0.717) is 22.6 Å². The molecule has 36 heavy (non-hydrogen) atoms. The molecule has 0 aliphatic carbocycles. The Bertz CT molecular complexity index is 1570. The molecular weight excluding hydrogens is 484 g/mol. The molecule has 5 rings (SSSR count). The zero-order valence-corrected chi connectivity index (χ0v) is 20.5. The predicted molar refractivity (Wildman–Crippen MR) is 132 cm³/mol. The average Bonchev–Trinajstić information content (AvgIpc) is 3.35. The van der Waals surface area contributed by atoms with E-state index in [9.17, 15) is 13.2 Å². The van der Waals surface area contributed by atoms with E-state index in [1.165, 1.54) is 25.2 Å². The molecule has 1 aliphatic rings. The SMILES string of the molecule is COc1cccc(-c2noc(CN3C(=O)N(c4ccccc4C)S(=O)(=O)c4ccccc43)n2)c1OC. The van der Waals surface area contributed by atoms with Crippen LogP contribution in [0.4, 0.5) is 16.2 Å². The number of rotatable bonds is 6. The second-order valence-electron chi connectivity index (χ2n) is 7.95. The van der Waals surface area contributed by atoms with Gasteiger partial charge in [-0.1, -0.05) is 41.6 Å². The van der Waals surface area contributed by atoms with Gasteiger partial charge < -0.3 is 14.0 Å². The number of methoxy groups -OCH3 is 2. The lowest BCUT2D eigenvalue weighted by Crippen LogP contribution is -2.51. The van der Waals surface area contributed by atoms with Crippen LogP contribution in [0.5, 0.6) is 11.5 Å². The Balaban J connectivity index is 1.57. The lowest BCUT2D eigenvalue weighted by molar-refractivity contribution is 0.252. The maximum absolute atomic E-state index is 13.7. The molecule has 2 heterocycles. The average molecular weight is 507 g/mol. The van der Waals surface area contributed by atoms with Crippen molar-refractivity contribution in [3.8, 4) is 22.9 Å². The smallest absolute Gasteiger partial charge is 0.343 e. The Morgan fingerprint density at radius 1 is 0.917 bits per heavy atom. The lowest BCUT2D eigenvalue weighted by atomic mass is 10.1. The predicted octanol–water partition coefficient (Wildman–Crippen LogP) is 4.40. The van der Waals surface area contributed by atoms with Crippen LogP contribution < -0.4 is 18.7 Å². The van der Waals surface area contributed by atoms with E-state index >= 15 is 0 Å². The van der Waals surface area contributed by atoms with Crippen LogP contribution in [-0.2, 0) is 16.6 Å². The van der Waals surface area contributed by atoms with E-state index in [-0.39, 0.29) is 34.5 Å². The zero-order valence-electron chi connectivity index (χ0n) is 19.7. The molecule has 0 saturated heterocycles. The van der Waals surface area contributed by atoms with Crippen LogP contribution in [-0.4, -0.2) is 38.8 Å². The number of nitrogens with zero attached hydrogens (tertiary/aromatic N) is 4. The second kappa shape index (κ2) is 9.00. The third-order valence-electron chi connectivity index (χ3n) is 5.82. The molecule has 0 N–H and O–H groups in total. The van der Waals surface area contributed by atoms with Crippen molar-refractivity contribution in [1.82, 2.24) is 10.1 Å². The zero-order chi connectivity index (χ0) is 25.4. The molecule has 0 unspecified atom stereocenters. The van der Waals surface area contributed by atoms with Crippen LogP contribution in [0.15, 0.2) is 76.1 Å². The van der Waals surface area contributed by atoms with Gasteiger partial charge in [-0.05, 0) is 42.8 Å². The second-order valence-corrected chi connectivity index (χ2v) is 9.70. The van der Waals surface area contributed by atoms with Crippen LogP contribution in [0, 0.1) is 6.92 Å². The molecule has 0 spiro atoms. The van der Waals surface area contributed by atoms with E-state index in [1.807, 2.05) is 0 Å². The number of anilines is 2. The van der Waals surface area contributed by atoms with Gasteiger partial charge in [-0.3, -0.25) is 4.90 Å². The first kappa shape index (κ1) is 23.4. The lowest BCUT2D eigenvalue weighted by Gasteiger charge is -2.36. The minimum absolute atomic E-state index is 0.00190. The van der Waals surface area contributed by atoms with Gasteiger partial charge in [-0.2, -0.15) is 9.29 Å². The summed E-state index contributed by atoms with van der Waals surface area (Å²) >= 11 is 0. The maximum Gasteiger partial charge on any atom is 0.343 e. The topological polar surface area (TPSA) is 115 Å². The van der Waals surface area contributed by atoms with Gasteiger partial charge in [0, 0.05) is 0 Å². The first-order valence-electron chi connectivity index (χ1n) is 10.9. The number of carbonyl (C=O) groups is 1. The Hall–Kier alpha value is -4.38. The van der Waals surface area contributed by atoms with Crippen LogP contribution >= 0.6 is 0 Å². The third-order valence-corrected chi connectivity index (χ3v) is 7.55. The highest BCUT2D eigenvalue weighted by Gasteiger charge is 2.43. The summed E-state index contributed by atoms with van der Waals surface area (Å²) in [4.78, 5) is 19.4. The van der Waals surface area contributed by atoms with Crippen molar-refractivity contribution in [2.45, 2.75) is 18.4 Å². The number of carbonyl (C=O) groups excluding carboxylic acids is 1. The number of benzene rings is 3. The number of sulfonamides is 1. The van der Waals surface area contributed by atoms with Gasteiger partial charge in [0.05, 0.1) is 31.2 Å². The molecule has 0 radical (unpaired) electrons. The summed E-state index contributed by atoms with van der Waals surface area (Å²) in [6.45, 7) is 1.60.